The molecule has 3 fully saturated rings. The molecule has 0 heterocycles. The fourth-order valence-electron chi connectivity index (χ4n) is 10.1. The van der Waals surface area contributed by atoms with Crippen LogP contribution in [0.25, 0.3) is 0 Å². The quantitative estimate of drug-likeness (QED) is 0.202. The summed E-state index contributed by atoms with van der Waals surface area (Å²) in [5.41, 5.74) is 14.3. The summed E-state index contributed by atoms with van der Waals surface area (Å²) in [6, 6.07) is 0. The third-order valence-corrected chi connectivity index (χ3v) is 12.8. The SMILES string of the molecule is CC(C)CCCC(C)C1CCC2C3CC=C4CC(OC(=O)N(CCC(C)(C)N)CCC(C)(C)N)CCC4(C)C3CCC12C.Cl.Cl. The third kappa shape index (κ3) is 9.79. The molecule has 0 aromatic heterocycles. The molecule has 0 spiro atoms. The Balaban J connectivity index is 0.00000353. The van der Waals surface area contributed by atoms with E-state index in [9.17, 15) is 4.79 Å². The molecule has 7 heteroatoms. The van der Waals surface area contributed by atoms with E-state index in [0.717, 1.165) is 67.6 Å². The van der Waals surface area contributed by atoms with E-state index in [1.165, 1.54) is 51.4 Å². The van der Waals surface area contributed by atoms with Crippen molar-refractivity contribution in [3.8, 4) is 0 Å². The van der Waals surface area contributed by atoms with Crippen molar-refractivity contribution < 1.29 is 9.53 Å². The maximum atomic E-state index is 13.5. The molecule has 5 nitrogen and oxygen atoms in total. The van der Waals surface area contributed by atoms with Gasteiger partial charge in [0.25, 0.3) is 0 Å². The second-order valence-electron chi connectivity index (χ2n) is 18.0. The van der Waals surface area contributed by atoms with E-state index in [1.807, 2.05) is 32.6 Å². The van der Waals surface area contributed by atoms with Crippen molar-refractivity contribution >= 4 is 30.9 Å². The van der Waals surface area contributed by atoms with Gasteiger partial charge in [-0.3, -0.25) is 0 Å². The van der Waals surface area contributed by atoms with Gasteiger partial charge in [-0.1, -0.05) is 65.5 Å². The van der Waals surface area contributed by atoms with Crippen LogP contribution in [0.3, 0.4) is 0 Å². The molecule has 4 aliphatic rings. The number of allylic oxidation sites excluding steroid dienone is 1. The molecule has 0 aliphatic heterocycles. The summed E-state index contributed by atoms with van der Waals surface area (Å²) in [6.07, 6.45) is 18.0. The number of halogens is 2. The Kier molecular flexibility index (Phi) is 14.3. The first-order valence-corrected chi connectivity index (χ1v) is 18.2. The molecule has 8 atom stereocenters. The Bertz CT molecular complexity index is 970. The fourth-order valence-corrected chi connectivity index (χ4v) is 10.1. The Morgan fingerprint density at radius 1 is 0.933 bits per heavy atom. The van der Waals surface area contributed by atoms with Gasteiger partial charge in [0, 0.05) is 30.6 Å². The molecular formula is C38H71Cl2N3O2. The average molecular weight is 673 g/mol. The third-order valence-electron chi connectivity index (χ3n) is 12.8. The van der Waals surface area contributed by atoms with Crippen LogP contribution in [0, 0.1) is 46.3 Å². The summed E-state index contributed by atoms with van der Waals surface area (Å²) < 4.78 is 6.25. The zero-order chi connectivity index (χ0) is 31.8. The molecular weight excluding hydrogens is 601 g/mol. The number of rotatable bonds is 12. The van der Waals surface area contributed by atoms with Crippen LogP contribution in [0.4, 0.5) is 4.79 Å². The number of nitrogens with two attached hydrogens (primary N) is 2. The number of carbonyl (C=O) groups is 1. The molecule has 4 aliphatic carbocycles. The van der Waals surface area contributed by atoms with Gasteiger partial charge in [0.2, 0.25) is 0 Å². The number of nitrogens with zero attached hydrogens (tertiary/aromatic N) is 1. The lowest BCUT2D eigenvalue weighted by Gasteiger charge is -2.58. The van der Waals surface area contributed by atoms with Crippen molar-refractivity contribution in [2.45, 2.75) is 163 Å². The van der Waals surface area contributed by atoms with Crippen molar-refractivity contribution in [1.82, 2.24) is 4.90 Å². The van der Waals surface area contributed by atoms with Crippen LogP contribution in [-0.2, 0) is 4.74 Å². The minimum atomic E-state index is -0.325. The minimum absolute atomic E-state index is 0. The van der Waals surface area contributed by atoms with E-state index in [1.54, 1.807) is 5.57 Å². The molecule has 264 valence electrons. The van der Waals surface area contributed by atoms with E-state index in [0.29, 0.717) is 18.5 Å². The lowest BCUT2D eigenvalue weighted by atomic mass is 9.47. The molecule has 3 saturated carbocycles. The van der Waals surface area contributed by atoms with Crippen molar-refractivity contribution in [1.29, 1.82) is 0 Å². The summed E-state index contributed by atoms with van der Waals surface area (Å²) >= 11 is 0. The van der Waals surface area contributed by atoms with E-state index >= 15 is 0 Å². The molecule has 4 N–H and O–H groups in total. The number of amides is 1. The number of fused-ring (bicyclic) bond motifs is 5. The first kappa shape index (κ1) is 40.7. The largest absolute Gasteiger partial charge is 0.446 e. The van der Waals surface area contributed by atoms with Gasteiger partial charge >= 0.3 is 6.09 Å². The molecule has 1 amide bonds. The Morgan fingerprint density at radius 2 is 1.56 bits per heavy atom. The molecule has 0 radical (unpaired) electrons. The summed E-state index contributed by atoms with van der Waals surface area (Å²) in [5, 5.41) is 0. The second kappa shape index (κ2) is 15.8. The van der Waals surface area contributed by atoms with E-state index in [4.69, 9.17) is 16.2 Å². The highest BCUT2D eigenvalue weighted by Crippen LogP contribution is 2.67. The smallest absolute Gasteiger partial charge is 0.410 e. The van der Waals surface area contributed by atoms with E-state index < -0.39 is 0 Å². The molecule has 0 saturated heterocycles. The van der Waals surface area contributed by atoms with Gasteiger partial charge < -0.3 is 21.1 Å². The van der Waals surface area contributed by atoms with Gasteiger partial charge in [-0.15, -0.1) is 24.8 Å². The summed E-state index contributed by atoms with van der Waals surface area (Å²) in [5.74, 6) is 5.06. The standard InChI is InChI=1S/C38H69N3O2.2ClH/c1-26(2)11-10-12-27(3)31-15-16-32-30-14-13-28-25-29(17-19-37(28,8)33(30)18-20-38(31,32)9)43-34(42)41(23-21-35(4,5)39)24-22-36(6,7)40;;/h13,26-27,29-33H,10-12,14-25,39-40H2,1-9H3;2*1H. The topological polar surface area (TPSA) is 81.6 Å². The van der Waals surface area contributed by atoms with Crippen LogP contribution in [0.15, 0.2) is 11.6 Å². The molecule has 0 aromatic carbocycles. The zero-order valence-electron chi connectivity index (χ0n) is 30.5. The highest BCUT2D eigenvalue weighted by atomic mass is 35.5. The number of hydrogen-bond donors (Lipinski definition) is 2. The molecule has 0 aromatic rings. The normalized spacial score (nSPS) is 33.5. The maximum absolute atomic E-state index is 13.5. The zero-order valence-corrected chi connectivity index (χ0v) is 32.1. The van der Waals surface area contributed by atoms with Crippen LogP contribution in [0.2, 0.25) is 0 Å². The van der Waals surface area contributed by atoms with Crippen molar-refractivity contribution in [2.75, 3.05) is 13.1 Å². The van der Waals surface area contributed by atoms with Crippen LogP contribution in [0.1, 0.15) is 146 Å². The Hall–Kier alpha value is -0.490. The van der Waals surface area contributed by atoms with Gasteiger partial charge in [-0.25, -0.2) is 4.79 Å². The molecule has 45 heavy (non-hydrogen) atoms. The predicted octanol–water partition coefficient (Wildman–Crippen LogP) is 9.93. The van der Waals surface area contributed by atoms with Crippen molar-refractivity contribution in [3.63, 3.8) is 0 Å². The Morgan fingerprint density at radius 3 is 2.13 bits per heavy atom. The predicted molar refractivity (Wildman–Crippen MR) is 195 cm³/mol. The lowest BCUT2D eigenvalue weighted by molar-refractivity contribution is -0.0594. The highest BCUT2D eigenvalue weighted by Gasteiger charge is 2.59. The highest BCUT2D eigenvalue weighted by molar-refractivity contribution is 5.85. The summed E-state index contributed by atoms with van der Waals surface area (Å²) in [6.45, 7) is 21.8. The maximum Gasteiger partial charge on any atom is 0.410 e. The second-order valence-corrected chi connectivity index (χ2v) is 18.0. The van der Waals surface area contributed by atoms with Crippen LogP contribution in [0.5, 0.6) is 0 Å². The van der Waals surface area contributed by atoms with Gasteiger partial charge in [-0.2, -0.15) is 0 Å². The first-order chi connectivity index (χ1) is 19.9. The van der Waals surface area contributed by atoms with Gasteiger partial charge in [0.15, 0.2) is 0 Å². The Labute approximate surface area is 290 Å². The monoisotopic (exact) mass is 671 g/mol. The molecule has 0 bridgehead atoms. The lowest BCUT2D eigenvalue weighted by Crippen LogP contribution is -2.51. The summed E-state index contributed by atoms with van der Waals surface area (Å²) in [4.78, 5) is 15.3. The van der Waals surface area contributed by atoms with Crippen molar-refractivity contribution in [2.24, 2.45) is 57.8 Å². The van der Waals surface area contributed by atoms with Crippen molar-refractivity contribution in [3.05, 3.63) is 11.6 Å². The summed E-state index contributed by atoms with van der Waals surface area (Å²) in [7, 11) is 0. The van der Waals surface area contributed by atoms with Crippen LogP contribution >= 0.6 is 24.8 Å². The minimum Gasteiger partial charge on any atom is -0.446 e. The van der Waals surface area contributed by atoms with Gasteiger partial charge in [-0.05, 0) is 132 Å². The number of ether oxygens (including phenoxy) is 1. The average Bonchev–Trinajstić information content (AvgIpc) is 3.24. The fraction of sp³-hybridized carbons (Fsp3) is 0.921. The molecule has 8 unspecified atom stereocenters. The first-order valence-electron chi connectivity index (χ1n) is 18.2. The molecule has 4 rings (SSSR count). The van der Waals surface area contributed by atoms with E-state index in [-0.39, 0.29) is 53.5 Å². The van der Waals surface area contributed by atoms with Crippen LogP contribution < -0.4 is 11.5 Å². The van der Waals surface area contributed by atoms with E-state index in [2.05, 4.69) is 40.7 Å². The van der Waals surface area contributed by atoms with Crippen LogP contribution in [-0.4, -0.2) is 41.3 Å². The van der Waals surface area contributed by atoms with Gasteiger partial charge in [0.1, 0.15) is 6.10 Å². The number of carbonyl (C=O) groups excluding carboxylic acids is 1. The van der Waals surface area contributed by atoms with Gasteiger partial charge in [0.05, 0.1) is 0 Å². The number of hydrogen-bond acceptors (Lipinski definition) is 4.